The number of nitrogens with zero attached hydrogens (tertiary/aromatic N) is 3. The van der Waals surface area contributed by atoms with E-state index in [2.05, 4.69) is 26.8 Å². The van der Waals surface area contributed by atoms with E-state index in [0.29, 0.717) is 11.3 Å². The van der Waals surface area contributed by atoms with Crippen LogP contribution in [0.2, 0.25) is 0 Å². The Hall–Kier alpha value is -2.54. The minimum Gasteiger partial charge on any atom is -0.354 e. The number of pyridine rings is 1. The van der Waals surface area contributed by atoms with E-state index < -0.39 is 11.7 Å². The smallest absolute Gasteiger partial charge is 0.354 e. The molecule has 0 bridgehead atoms. The van der Waals surface area contributed by atoms with Gasteiger partial charge in [-0.05, 0) is 30.8 Å². The van der Waals surface area contributed by atoms with E-state index in [1.54, 1.807) is 12.3 Å². The summed E-state index contributed by atoms with van der Waals surface area (Å²) >= 11 is 0. The molecule has 136 valence electrons. The van der Waals surface area contributed by atoms with Crippen molar-refractivity contribution in [1.29, 1.82) is 0 Å². The molecule has 0 aliphatic carbocycles. The Morgan fingerprint density at radius 2 is 1.81 bits per heavy atom. The minimum absolute atomic E-state index is 0.511. The van der Waals surface area contributed by atoms with Gasteiger partial charge in [-0.1, -0.05) is 12.1 Å². The van der Waals surface area contributed by atoms with E-state index >= 15 is 0 Å². The van der Waals surface area contributed by atoms with Gasteiger partial charge in [-0.25, -0.2) is 4.98 Å². The molecular weight excluding hydrogens is 341 g/mol. The number of hydrogen-bond donors (Lipinski definition) is 1. The highest BCUT2D eigenvalue weighted by Gasteiger charge is 2.30. The van der Waals surface area contributed by atoms with E-state index in [1.165, 1.54) is 12.1 Å². The predicted octanol–water partition coefficient (Wildman–Crippen LogP) is 4.00. The van der Waals surface area contributed by atoms with E-state index in [9.17, 15) is 13.2 Å². The van der Waals surface area contributed by atoms with Crippen LogP contribution in [0.4, 0.5) is 19.0 Å². The molecule has 7 heteroatoms. The molecule has 4 nitrogen and oxygen atoms in total. The van der Waals surface area contributed by atoms with Crippen molar-refractivity contribution in [2.75, 3.05) is 38.1 Å². The van der Waals surface area contributed by atoms with E-state index in [1.807, 2.05) is 12.1 Å². The van der Waals surface area contributed by atoms with Crippen molar-refractivity contribution in [3.05, 3.63) is 48.2 Å². The standard InChI is InChI=1S/C19H19F3N4/c1-25-5-7-26(8-6-25)18-11-17-14(12-23-18)10-16(24-17)13-3-2-4-15(9-13)19(20,21)22/h2-4,9-12,24H,5-8H2,1H3. The van der Waals surface area contributed by atoms with Gasteiger partial charge >= 0.3 is 6.18 Å². The fraction of sp³-hybridized carbons (Fsp3) is 0.316. The molecule has 4 rings (SSSR count). The zero-order chi connectivity index (χ0) is 18.3. The first-order valence-corrected chi connectivity index (χ1v) is 8.50. The van der Waals surface area contributed by atoms with Crippen LogP contribution in [0.25, 0.3) is 22.2 Å². The average molecular weight is 360 g/mol. The summed E-state index contributed by atoms with van der Waals surface area (Å²) in [5, 5.41) is 0.885. The first kappa shape index (κ1) is 16.9. The van der Waals surface area contributed by atoms with E-state index in [-0.39, 0.29) is 0 Å². The Morgan fingerprint density at radius 1 is 1.04 bits per heavy atom. The Kier molecular flexibility index (Phi) is 4.11. The Morgan fingerprint density at radius 3 is 2.54 bits per heavy atom. The molecule has 1 N–H and O–H groups in total. The fourth-order valence-electron chi connectivity index (χ4n) is 3.24. The van der Waals surface area contributed by atoms with Gasteiger partial charge in [0.15, 0.2) is 0 Å². The molecule has 3 heterocycles. The lowest BCUT2D eigenvalue weighted by Crippen LogP contribution is -2.44. The summed E-state index contributed by atoms with van der Waals surface area (Å²) in [4.78, 5) is 12.3. The van der Waals surface area contributed by atoms with Gasteiger partial charge in [0.1, 0.15) is 5.82 Å². The van der Waals surface area contributed by atoms with Gasteiger partial charge in [-0.3, -0.25) is 0 Å². The van der Waals surface area contributed by atoms with Crippen LogP contribution in [-0.4, -0.2) is 48.1 Å². The lowest BCUT2D eigenvalue weighted by atomic mass is 10.1. The maximum absolute atomic E-state index is 12.9. The second-order valence-corrected chi connectivity index (χ2v) is 6.68. The van der Waals surface area contributed by atoms with Crippen molar-refractivity contribution in [1.82, 2.24) is 14.9 Å². The molecule has 2 aromatic heterocycles. The molecule has 3 aromatic rings. The van der Waals surface area contributed by atoms with Gasteiger partial charge in [0.2, 0.25) is 0 Å². The molecule has 0 saturated carbocycles. The molecular formula is C19H19F3N4. The molecule has 0 spiro atoms. The average Bonchev–Trinajstić information content (AvgIpc) is 3.05. The third kappa shape index (κ3) is 3.26. The van der Waals surface area contributed by atoms with Crippen LogP contribution in [0, 0.1) is 0 Å². The third-order valence-electron chi connectivity index (χ3n) is 4.82. The molecule has 1 aliphatic rings. The summed E-state index contributed by atoms with van der Waals surface area (Å²) in [6, 6.07) is 9.16. The number of piperazine rings is 1. The third-order valence-corrected chi connectivity index (χ3v) is 4.82. The topological polar surface area (TPSA) is 35.2 Å². The first-order chi connectivity index (χ1) is 12.4. The molecule has 1 fully saturated rings. The Labute approximate surface area is 149 Å². The van der Waals surface area contributed by atoms with Crippen molar-refractivity contribution in [2.45, 2.75) is 6.18 Å². The summed E-state index contributed by atoms with van der Waals surface area (Å²) in [7, 11) is 2.10. The zero-order valence-electron chi connectivity index (χ0n) is 14.3. The number of aromatic nitrogens is 2. The van der Waals surface area contributed by atoms with E-state index in [0.717, 1.165) is 49.0 Å². The maximum Gasteiger partial charge on any atom is 0.416 e. The highest BCUT2D eigenvalue weighted by molar-refractivity contribution is 5.87. The van der Waals surface area contributed by atoms with Crippen LogP contribution < -0.4 is 4.90 Å². The molecule has 1 saturated heterocycles. The SMILES string of the molecule is CN1CCN(c2cc3[nH]c(-c4cccc(C(F)(F)F)c4)cc3cn2)CC1. The molecule has 26 heavy (non-hydrogen) atoms. The second-order valence-electron chi connectivity index (χ2n) is 6.68. The number of hydrogen-bond acceptors (Lipinski definition) is 3. The molecule has 0 radical (unpaired) electrons. The summed E-state index contributed by atoms with van der Waals surface area (Å²) in [5.41, 5.74) is 1.40. The lowest BCUT2D eigenvalue weighted by molar-refractivity contribution is -0.137. The number of nitrogens with one attached hydrogen (secondary N) is 1. The molecule has 0 atom stereocenters. The van der Waals surface area contributed by atoms with Gasteiger partial charge in [-0.15, -0.1) is 0 Å². The number of anilines is 1. The largest absolute Gasteiger partial charge is 0.416 e. The Bertz CT molecular complexity index is 924. The fourth-order valence-corrected chi connectivity index (χ4v) is 3.24. The van der Waals surface area contributed by atoms with Crippen molar-refractivity contribution < 1.29 is 13.2 Å². The van der Waals surface area contributed by atoms with Crippen LogP contribution >= 0.6 is 0 Å². The number of benzene rings is 1. The summed E-state index contributed by atoms with van der Waals surface area (Å²) in [6.07, 6.45) is -2.57. The minimum atomic E-state index is -4.35. The van der Waals surface area contributed by atoms with Crippen molar-refractivity contribution in [3.8, 4) is 11.3 Å². The number of fused-ring (bicyclic) bond motifs is 1. The van der Waals surface area contributed by atoms with Crippen LogP contribution in [-0.2, 0) is 6.18 Å². The van der Waals surface area contributed by atoms with Gasteiger partial charge in [0, 0.05) is 49.5 Å². The van der Waals surface area contributed by atoms with E-state index in [4.69, 9.17) is 0 Å². The normalized spacial score (nSPS) is 16.4. The van der Waals surface area contributed by atoms with Gasteiger partial charge in [-0.2, -0.15) is 13.2 Å². The number of halogens is 3. The van der Waals surface area contributed by atoms with Crippen LogP contribution in [0.1, 0.15) is 5.56 Å². The molecule has 0 amide bonds. The number of H-pyrrole nitrogens is 1. The van der Waals surface area contributed by atoms with Gasteiger partial charge in [0.05, 0.1) is 11.1 Å². The molecule has 0 unspecified atom stereocenters. The molecule has 1 aliphatic heterocycles. The van der Waals surface area contributed by atoms with Crippen molar-refractivity contribution >= 4 is 16.7 Å². The summed E-state index contributed by atoms with van der Waals surface area (Å²) < 4.78 is 38.8. The number of aromatic amines is 1. The monoisotopic (exact) mass is 360 g/mol. The van der Waals surface area contributed by atoms with Gasteiger partial charge < -0.3 is 14.8 Å². The highest BCUT2D eigenvalue weighted by Crippen LogP contribution is 2.33. The van der Waals surface area contributed by atoms with Crippen molar-refractivity contribution in [3.63, 3.8) is 0 Å². The lowest BCUT2D eigenvalue weighted by Gasteiger charge is -2.33. The quantitative estimate of drug-likeness (QED) is 0.750. The number of alkyl halides is 3. The van der Waals surface area contributed by atoms with Crippen LogP contribution in [0.15, 0.2) is 42.6 Å². The number of likely N-dealkylation sites (N-methyl/N-ethyl adjacent to an activating group) is 1. The molecule has 1 aromatic carbocycles. The summed E-state index contributed by atoms with van der Waals surface area (Å²) in [5.74, 6) is 0.892. The van der Waals surface area contributed by atoms with Gasteiger partial charge in [0.25, 0.3) is 0 Å². The second kappa shape index (κ2) is 6.32. The number of rotatable bonds is 2. The highest BCUT2D eigenvalue weighted by atomic mass is 19.4. The first-order valence-electron chi connectivity index (χ1n) is 8.50. The Balaban J connectivity index is 1.66. The van der Waals surface area contributed by atoms with Crippen molar-refractivity contribution in [2.24, 2.45) is 0 Å². The summed E-state index contributed by atoms with van der Waals surface area (Å²) in [6.45, 7) is 3.80. The van der Waals surface area contributed by atoms with Crippen LogP contribution in [0.5, 0.6) is 0 Å². The predicted molar refractivity (Wildman–Crippen MR) is 96.2 cm³/mol. The van der Waals surface area contributed by atoms with Crippen LogP contribution in [0.3, 0.4) is 0 Å². The maximum atomic E-state index is 12.9. The zero-order valence-corrected chi connectivity index (χ0v) is 14.3.